The molecule has 0 unspecified atom stereocenters. The lowest BCUT2D eigenvalue weighted by molar-refractivity contribution is -0.154. The van der Waals surface area contributed by atoms with E-state index in [4.69, 9.17) is 4.74 Å². The molecular formula is C31H56O7. The van der Waals surface area contributed by atoms with E-state index in [9.17, 15) is 24.9 Å². The minimum absolute atomic E-state index is 0.267. The molecule has 0 saturated carbocycles. The van der Waals surface area contributed by atoms with Gasteiger partial charge in [-0.15, -0.1) is 0 Å². The Hall–Kier alpha value is -1.76. The molecule has 0 aromatic heterocycles. The van der Waals surface area contributed by atoms with Crippen LogP contribution in [-0.2, 0) is 19.1 Å². The van der Waals surface area contributed by atoms with Crippen LogP contribution in [0.15, 0.2) is 11.5 Å². The summed E-state index contributed by atoms with van der Waals surface area (Å²) < 4.78 is 9.62. The number of rotatable bonds is 26. The van der Waals surface area contributed by atoms with Crippen LogP contribution < -0.4 is 0 Å². The molecule has 1 aliphatic rings. The van der Waals surface area contributed by atoms with Gasteiger partial charge in [0.15, 0.2) is 11.9 Å². The fraction of sp³-hybridized carbons (Fsp3) is 0.871. The van der Waals surface area contributed by atoms with Gasteiger partial charge in [-0.1, -0.05) is 142 Å². The highest BCUT2D eigenvalue weighted by Crippen LogP contribution is 2.22. The van der Waals surface area contributed by atoms with Crippen LogP contribution in [0.5, 0.6) is 0 Å². The maximum Gasteiger partial charge on any atom is 0.377 e. The van der Waals surface area contributed by atoms with E-state index >= 15 is 0 Å². The molecule has 0 radical (unpaired) electrons. The third-order valence-corrected chi connectivity index (χ3v) is 7.44. The molecule has 1 rings (SSSR count). The van der Waals surface area contributed by atoms with E-state index in [1.54, 1.807) is 0 Å². The third kappa shape index (κ3) is 17.0. The van der Waals surface area contributed by atoms with E-state index in [0.717, 1.165) is 19.3 Å². The van der Waals surface area contributed by atoms with Crippen molar-refractivity contribution in [2.45, 2.75) is 167 Å². The molecule has 0 saturated heterocycles. The van der Waals surface area contributed by atoms with E-state index in [1.807, 2.05) is 0 Å². The predicted octanol–water partition coefficient (Wildman–Crippen LogP) is 8.14. The van der Waals surface area contributed by atoms with Gasteiger partial charge >= 0.3 is 11.9 Å². The van der Waals surface area contributed by atoms with Gasteiger partial charge in [0.2, 0.25) is 5.76 Å². The first kappa shape index (κ1) is 34.3. The summed E-state index contributed by atoms with van der Waals surface area (Å²) >= 11 is 0. The summed E-state index contributed by atoms with van der Waals surface area (Å²) in [6.45, 7) is 1.87. The summed E-state index contributed by atoms with van der Waals surface area (Å²) in [7, 11) is 0. The number of aliphatic hydroxyl groups is 3. The zero-order valence-electron chi connectivity index (χ0n) is 24.1. The monoisotopic (exact) mass is 540 g/mol. The molecule has 38 heavy (non-hydrogen) atoms. The Balaban J connectivity index is 1.77. The number of hydrogen-bond donors (Lipinski definition) is 3. The quantitative estimate of drug-likeness (QED) is 0.0749. The van der Waals surface area contributed by atoms with Crippen LogP contribution >= 0.6 is 0 Å². The Morgan fingerprint density at radius 2 is 1.08 bits per heavy atom. The Morgan fingerprint density at radius 3 is 1.42 bits per heavy atom. The fourth-order valence-corrected chi connectivity index (χ4v) is 4.94. The second-order valence-corrected chi connectivity index (χ2v) is 11.0. The van der Waals surface area contributed by atoms with Crippen molar-refractivity contribution in [3.8, 4) is 0 Å². The van der Waals surface area contributed by atoms with Gasteiger partial charge in [-0.25, -0.2) is 4.79 Å². The highest BCUT2D eigenvalue weighted by molar-refractivity contribution is 5.89. The lowest BCUT2D eigenvalue weighted by atomic mass is 10.0. The van der Waals surface area contributed by atoms with Gasteiger partial charge < -0.3 is 24.8 Å². The first-order chi connectivity index (χ1) is 18.5. The van der Waals surface area contributed by atoms with Crippen LogP contribution in [0.3, 0.4) is 0 Å². The van der Waals surface area contributed by atoms with Crippen molar-refractivity contribution in [1.82, 2.24) is 0 Å². The van der Waals surface area contributed by atoms with Crippen LogP contribution in [0, 0.1) is 0 Å². The van der Waals surface area contributed by atoms with Crippen LogP contribution in [0.2, 0.25) is 0 Å². The van der Waals surface area contributed by atoms with Crippen molar-refractivity contribution in [2.75, 3.05) is 6.61 Å². The second-order valence-electron chi connectivity index (χ2n) is 11.0. The second kappa shape index (κ2) is 23.2. The average Bonchev–Trinajstić information content (AvgIpc) is 3.17. The Morgan fingerprint density at radius 1 is 0.711 bits per heavy atom. The lowest BCUT2D eigenvalue weighted by Gasteiger charge is -2.17. The van der Waals surface area contributed by atoms with Crippen molar-refractivity contribution < 1.29 is 34.4 Å². The molecular weight excluding hydrogens is 484 g/mol. The number of aliphatic hydroxyl groups excluding tert-OH is 3. The summed E-state index contributed by atoms with van der Waals surface area (Å²) in [4.78, 5) is 23.0. The maximum absolute atomic E-state index is 11.8. The highest BCUT2D eigenvalue weighted by atomic mass is 16.6. The smallest absolute Gasteiger partial charge is 0.377 e. The van der Waals surface area contributed by atoms with Crippen molar-refractivity contribution in [2.24, 2.45) is 0 Å². The van der Waals surface area contributed by atoms with Crippen molar-refractivity contribution >= 4 is 11.9 Å². The normalized spacial score (nSPS) is 16.2. The summed E-state index contributed by atoms with van der Waals surface area (Å²) in [5.74, 6) is -3.20. The maximum atomic E-state index is 11.8. The molecule has 0 amide bonds. The number of hydrogen-bond acceptors (Lipinski definition) is 7. The summed E-state index contributed by atoms with van der Waals surface area (Å²) in [6, 6.07) is 0. The largest absolute Gasteiger partial charge is 0.505 e. The molecule has 1 aliphatic heterocycles. The van der Waals surface area contributed by atoms with Gasteiger partial charge in [0.1, 0.15) is 12.7 Å². The highest BCUT2D eigenvalue weighted by Gasteiger charge is 2.39. The minimum atomic E-state index is -1.42. The zero-order valence-corrected chi connectivity index (χ0v) is 24.1. The van der Waals surface area contributed by atoms with Gasteiger partial charge in [-0.05, 0) is 6.42 Å². The number of cyclic esters (lactones) is 1. The van der Waals surface area contributed by atoms with Crippen molar-refractivity contribution in [3.63, 3.8) is 0 Å². The van der Waals surface area contributed by atoms with Gasteiger partial charge in [-0.2, -0.15) is 0 Å². The molecule has 0 aromatic carbocycles. The summed E-state index contributed by atoms with van der Waals surface area (Å²) in [5.41, 5.74) is 0. The van der Waals surface area contributed by atoms with Crippen LogP contribution in [0.1, 0.15) is 155 Å². The van der Waals surface area contributed by atoms with E-state index in [1.165, 1.54) is 122 Å². The lowest BCUT2D eigenvalue weighted by Crippen LogP contribution is -2.33. The van der Waals surface area contributed by atoms with Crippen LogP contribution in [-0.4, -0.2) is 46.1 Å². The molecule has 3 N–H and O–H groups in total. The number of esters is 2. The molecule has 0 spiro atoms. The van der Waals surface area contributed by atoms with Crippen LogP contribution in [0.4, 0.5) is 0 Å². The van der Waals surface area contributed by atoms with E-state index in [0.29, 0.717) is 0 Å². The SMILES string of the molecule is CCCCCCCCCCCCCCCCCCCCCCCCC(=O)OC[C@H](O)[C@H]1OC(=O)C(O)=C1O. The van der Waals surface area contributed by atoms with Gasteiger partial charge in [0.05, 0.1) is 0 Å². The molecule has 1 heterocycles. The number of carbonyl (C=O) groups excluding carboxylic acids is 2. The van der Waals surface area contributed by atoms with Crippen molar-refractivity contribution in [1.29, 1.82) is 0 Å². The summed E-state index contributed by atoms with van der Waals surface area (Å²) in [5, 5.41) is 28.7. The van der Waals surface area contributed by atoms with Crippen LogP contribution in [0.25, 0.3) is 0 Å². The van der Waals surface area contributed by atoms with E-state index in [2.05, 4.69) is 11.7 Å². The van der Waals surface area contributed by atoms with Gasteiger partial charge in [0.25, 0.3) is 0 Å². The first-order valence-electron chi connectivity index (χ1n) is 15.6. The molecule has 0 aliphatic carbocycles. The fourth-order valence-electron chi connectivity index (χ4n) is 4.94. The molecule has 222 valence electrons. The molecule has 0 fully saturated rings. The van der Waals surface area contributed by atoms with Crippen molar-refractivity contribution in [3.05, 3.63) is 11.5 Å². The Labute approximate surface area is 231 Å². The average molecular weight is 541 g/mol. The number of unbranched alkanes of at least 4 members (excludes halogenated alkanes) is 21. The number of ether oxygens (including phenoxy) is 2. The topological polar surface area (TPSA) is 113 Å². The Kier molecular flexibility index (Phi) is 20.9. The molecule has 2 atom stereocenters. The molecule has 0 aromatic rings. The zero-order chi connectivity index (χ0) is 27.8. The number of carbonyl (C=O) groups is 2. The Bertz CT molecular complexity index is 646. The van der Waals surface area contributed by atoms with Gasteiger partial charge in [-0.3, -0.25) is 4.79 Å². The minimum Gasteiger partial charge on any atom is -0.505 e. The van der Waals surface area contributed by atoms with E-state index < -0.39 is 42.3 Å². The first-order valence-corrected chi connectivity index (χ1v) is 15.6. The third-order valence-electron chi connectivity index (χ3n) is 7.44. The molecule has 7 heteroatoms. The van der Waals surface area contributed by atoms with Gasteiger partial charge in [0, 0.05) is 6.42 Å². The predicted molar refractivity (Wildman–Crippen MR) is 151 cm³/mol. The molecule has 0 bridgehead atoms. The summed E-state index contributed by atoms with van der Waals surface area (Å²) in [6.07, 6.45) is 26.4. The van der Waals surface area contributed by atoms with E-state index in [-0.39, 0.29) is 6.42 Å². The standard InChI is InChI=1S/C31H56O7/c1-2-3-4-5-6-7-8-9-10-11-12-13-14-15-16-17-18-19-20-21-22-23-24-27(33)37-25-26(32)30-28(34)29(35)31(36)38-30/h26,30,32,34-35H,2-25H2,1H3/t26-,30+/m0/s1. The molecule has 7 nitrogen and oxygen atoms in total.